The van der Waals surface area contributed by atoms with Crippen LogP contribution in [0.2, 0.25) is 0 Å². The van der Waals surface area contributed by atoms with Gasteiger partial charge in [-0.05, 0) is 18.1 Å². The Morgan fingerprint density at radius 3 is 2.71 bits per heavy atom. The van der Waals surface area contributed by atoms with Gasteiger partial charge in [-0.1, -0.05) is 33.6 Å². The fourth-order valence-corrected chi connectivity index (χ4v) is 1.89. The topological polar surface area (TPSA) is 34.2 Å². The summed E-state index contributed by atoms with van der Waals surface area (Å²) in [5.41, 5.74) is 1.21. The predicted molar refractivity (Wildman–Crippen MR) is 71.3 cm³/mol. The highest BCUT2D eigenvalue weighted by atomic mass is 16.5. The van der Waals surface area contributed by atoms with Crippen LogP contribution in [0.4, 0.5) is 0 Å². The molecule has 96 valence electrons. The van der Waals surface area contributed by atoms with Gasteiger partial charge in [-0.15, -0.1) is 0 Å². The summed E-state index contributed by atoms with van der Waals surface area (Å²) in [4.78, 5) is 4.23. The standard InChI is InChI=1S/C14H24N2O/c1-5-6-7-14(16-11(2)3)12-8-13(17-4)10-15-9-12/h8-11,14,16H,5-7H2,1-4H3. The van der Waals surface area contributed by atoms with Crippen molar-refractivity contribution in [2.75, 3.05) is 7.11 Å². The van der Waals surface area contributed by atoms with Crippen LogP contribution in [0.5, 0.6) is 5.75 Å². The third-order valence-corrected chi connectivity index (χ3v) is 2.75. The summed E-state index contributed by atoms with van der Waals surface area (Å²) in [6.45, 7) is 6.56. The number of rotatable bonds is 7. The van der Waals surface area contributed by atoms with Crippen LogP contribution in [0.3, 0.4) is 0 Å². The first-order valence-corrected chi connectivity index (χ1v) is 6.42. The van der Waals surface area contributed by atoms with Gasteiger partial charge in [0, 0.05) is 18.3 Å². The maximum atomic E-state index is 5.22. The average Bonchev–Trinajstić information content (AvgIpc) is 2.34. The largest absolute Gasteiger partial charge is 0.495 e. The van der Waals surface area contributed by atoms with Crippen LogP contribution >= 0.6 is 0 Å². The summed E-state index contributed by atoms with van der Waals surface area (Å²) in [6, 6.07) is 2.92. The lowest BCUT2D eigenvalue weighted by Crippen LogP contribution is -2.28. The summed E-state index contributed by atoms with van der Waals surface area (Å²) < 4.78 is 5.22. The highest BCUT2D eigenvalue weighted by Crippen LogP contribution is 2.22. The lowest BCUT2D eigenvalue weighted by molar-refractivity contribution is 0.406. The molecule has 1 rings (SSSR count). The highest BCUT2D eigenvalue weighted by Gasteiger charge is 2.13. The van der Waals surface area contributed by atoms with Crippen LogP contribution in [-0.4, -0.2) is 18.1 Å². The minimum Gasteiger partial charge on any atom is -0.495 e. The van der Waals surface area contributed by atoms with Crippen LogP contribution in [0, 0.1) is 0 Å². The third kappa shape index (κ3) is 4.73. The zero-order valence-electron chi connectivity index (χ0n) is 11.4. The van der Waals surface area contributed by atoms with Crippen molar-refractivity contribution in [1.82, 2.24) is 10.3 Å². The second-order valence-corrected chi connectivity index (χ2v) is 4.67. The molecular weight excluding hydrogens is 212 g/mol. The van der Waals surface area contributed by atoms with E-state index in [2.05, 4.69) is 37.1 Å². The zero-order valence-corrected chi connectivity index (χ0v) is 11.4. The van der Waals surface area contributed by atoms with Gasteiger partial charge < -0.3 is 10.1 Å². The van der Waals surface area contributed by atoms with E-state index < -0.39 is 0 Å². The van der Waals surface area contributed by atoms with Crippen molar-refractivity contribution < 1.29 is 4.74 Å². The van der Waals surface area contributed by atoms with Crippen molar-refractivity contribution >= 4 is 0 Å². The number of pyridine rings is 1. The number of nitrogens with one attached hydrogen (secondary N) is 1. The molecule has 3 heteroatoms. The number of methoxy groups -OCH3 is 1. The van der Waals surface area contributed by atoms with E-state index >= 15 is 0 Å². The first-order chi connectivity index (χ1) is 8.17. The van der Waals surface area contributed by atoms with E-state index in [0.717, 1.165) is 12.2 Å². The Balaban J connectivity index is 2.78. The molecule has 0 radical (unpaired) electrons. The molecule has 0 bridgehead atoms. The van der Waals surface area contributed by atoms with Crippen LogP contribution in [0.25, 0.3) is 0 Å². The Labute approximate surface area is 105 Å². The molecule has 0 aliphatic rings. The van der Waals surface area contributed by atoms with Gasteiger partial charge in [0.05, 0.1) is 13.3 Å². The lowest BCUT2D eigenvalue weighted by atomic mass is 10.0. The van der Waals surface area contributed by atoms with Crippen molar-refractivity contribution in [2.45, 2.75) is 52.1 Å². The molecule has 0 aliphatic carbocycles. The molecule has 1 heterocycles. The average molecular weight is 236 g/mol. The normalized spacial score (nSPS) is 12.8. The first-order valence-electron chi connectivity index (χ1n) is 6.42. The summed E-state index contributed by atoms with van der Waals surface area (Å²) in [5, 5.41) is 3.59. The molecule has 3 nitrogen and oxygen atoms in total. The molecule has 0 fully saturated rings. The molecule has 1 atom stereocenters. The van der Waals surface area contributed by atoms with Gasteiger partial charge in [-0.2, -0.15) is 0 Å². The fourth-order valence-electron chi connectivity index (χ4n) is 1.89. The number of ether oxygens (including phenoxy) is 1. The lowest BCUT2D eigenvalue weighted by Gasteiger charge is -2.21. The maximum Gasteiger partial charge on any atom is 0.137 e. The smallest absolute Gasteiger partial charge is 0.137 e. The van der Waals surface area contributed by atoms with E-state index in [4.69, 9.17) is 4.74 Å². The Bertz CT molecular complexity index is 326. The molecule has 1 aromatic heterocycles. The Kier molecular flexibility index (Phi) is 5.98. The second kappa shape index (κ2) is 7.28. The van der Waals surface area contributed by atoms with Gasteiger partial charge in [-0.25, -0.2) is 0 Å². The Morgan fingerprint density at radius 2 is 2.12 bits per heavy atom. The van der Waals surface area contributed by atoms with E-state index in [1.54, 1.807) is 13.3 Å². The molecule has 0 aromatic carbocycles. The molecule has 0 amide bonds. The van der Waals surface area contributed by atoms with Gasteiger partial charge in [-0.3, -0.25) is 4.98 Å². The number of unbranched alkanes of at least 4 members (excludes halogenated alkanes) is 1. The van der Waals surface area contributed by atoms with Crippen molar-refractivity contribution in [3.8, 4) is 5.75 Å². The van der Waals surface area contributed by atoms with Gasteiger partial charge in [0.25, 0.3) is 0 Å². The van der Waals surface area contributed by atoms with E-state index in [1.807, 2.05) is 6.20 Å². The Morgan fingerprint density at radius 1 is 1.35 bits per heavy atom. The number of nitrogens with zero attached hydrogens (tertiary/aromatic N) is 1. The van der Waals surface area contributed by atoms with E-state index in [-0.39, 0.29) is 0 Å². The number of hydrogen-bond donors (Lipinski definition) is 1. The minimum absolute atomic E-state index is 0.373. The summed E-state index contributed by atoms with van der Waals surface area (Å²) in [6.07, 6.45) is 7.26. The van der Waals surface area contributed by atoms with Crippen molar-refractivity contribution in [2.24, 2.45) is 0 Å². The zero-order chi connectivity index (χ0) is 12.7. The summed E-state index contributed by atoms with van der Waals surface area (Å²) in [5.74, 6) is 0.828. The Hall–Kier alpha value is -1.09. The minimum atomic E-state index is 0.373. The number of hydrogen-bond acceptors (Lipinski definition) is 3. The molecule has 0 aliphatic heterocycles. The highest BCUT2D eigenvalue weighted by molar-refractivity contribution is 5.26. The van der Waals surface area contributed by atoms with E-state index in [1.165, 1.54) is 18.4 Å². The molecule has 0 saturated heterocycles. The van der Waals surface area contributed by atoms with Crippen molar-refractivity contribution in [3.05, 3.63) is 24.0 Å². The monoisotopic (exact) mass is 236 g/mol. The number of aromatic nitrogens is 1. The van der Waals surface area contributed by atoms with Crippen molar-refractivity contribution in [1.29, 1.82) is 0 Å². The third-order valence-electron chi connectivity index (χ3n) is 2.75. The van der Waals surface area contributed by atoms with Gasteiger partial charge in [0.1, 0.15) is 5.75 Å². The van der Waals surface area contributed by atoms with Crippen molar-refractivity contribution in [3.63, 3.8) is 0 Å². The van der Waals surface area contributed by atoms with Crippen LogP contribution in [0.1, 0.15) is 51.6 Å². The molecule has 1 N–H and O–H groups in total. The van der Waals surface area contributed by atoms with Crippen LogP contribution in [0.15, 0.2) is 18.5 Å². The fraction of sp³-hybridized carbons (Fsp3) is 0.643. The molecule has 0 spiro atoms. The molecule has 1 aromatic rings. The van der Waals surface area contributed by atoms with Gasteiger partial charge >= 0.3 is 0 Å². The van der Waals surface area contributed by atoms with Gasteiger partial charge in [0.15, 0.2) is 0 Å². The first kappa shape index (κ1) is 14.0. The molecular formula is C14H24N2O. The quantitative estimate of drug-likeness (QED) is 0.788. The van der Waals surface area contributed by atoms with Crippen LogP contribution < -0.4 is 10.1 Å². The molecule has 0 saturated carbocycles. The van der Waals surface area contributed by atoms with Crippen LogP contribution in [-0.2, 0) is 0 Å². The summed E-state index contributed by atoms with van der Waals surface area (Å²) >= 11 is 0. The van der Waals surface area contributed by atoms with Gasteiger partial charge in [0.2, 0.25) is 0 Å². The van der Waals surface area contributed by atoms with E-state index in [9.17, 15) is 0 Å². The van der Waals surface area contributed by atoms with E-state index in [0.29, 0.717) is 12.1 Å². The predicted octanol–water partition coefficient (Wildman–Crippen LogP) is 3.32. The summed E-state index contributed by atoms with van der Waals surface area (Å²) in [7, 11) is 1.68. The second-order valence-electron chi connectivity index (χ2n) is 4.67. The molecule has 17 heavy (non-hydrogen) atoms. The maximum absolute atomic E-state index is 5.22. The SMILES string of the molecule is CCCCC(NC(C)C)c1cncc(OC)c1. The molecule has 1 unspecified atom stereocenters.